The van der Waals surface area contributed by atoms with E-state index in [-0.39, 0.29) is 18.7 Å². The fraction of sp³-hybridized carbons (Fsp3) is 0.316. The van der Waals surface area contributed by atoms with Gasteiger partial charge in [0.1, 0.15) is 12.8 Å². The van der Waals surface area contributed by atoms with Crippen LogP contribution in [0.25, 0.3) is 0 Å². The fourth-order valence-corrected chi connectivity index (χ4v) is 2.71. The van der Waals surface area contributed by atoms with E-state index < -0.39 is 12.3 Å². The van der Waals surface area contributed by atoms with E-state index in [0.29, 0.717) is 6.42 Å². The van der Waals surface area contributed by atoms with Gasteiger partial charge in [0.2, 0.25) is 0 Å². The van der Waals surface area contributed by atoms with Crippen molar-refractivity contribution in [2.75, 3.05) is 0 Å². The molecule has 0 bridgehead atoms. The molecule has 3 nitrogen and oxygen atoms in total. The molecule has 2 aromatic rings. The van der Waals surface area contributed by atoms with E-state index >= 15 is 0 Å². The summed E-state index contributed by atoms with van der Waals surface area (Å²) in [4.78, 5) is 14.0. The number of hydrogen-bond donors (Lipinski definition) is 0. The van der Waals surface area contributed by atoms with E-state index in [1.165, 1.54) is 4.90 Å². The maximum Gasteiger partial charge on any atom is 0.410 e. The van der Waals surface area contributed by atoms with Gasteiger partial charge in [0.05, 0.1) is 12.1 Å². The van der Waals surface area contributed by atoms with Crippen LogP contribution in [0, 0.1) is 0 Å². The number of rotatable bonds is 5. The first-order chi connectivity index (χ1) is 11.2. The summed E-state index contributed by atoms with van der Waals surface area (Å²) >= 11 is 0. The van der Waals surface area contributed by atoms with Crippen LogP contribution in [0.1, 0.15) is 30.5 Å². The predicted octanol–water partition coefficient (Wildman–Crippen LogP) is 4.50. The predicted molar refractivity (Wildman–Crippen MR) is 86.6 cm³/mol. The highest BCUT2D eigenvalue weighted by Crippen LogP contribution is 2.37. The molecule has 3 rings (SSSR count). The molecule has 1 fully saturated rings. The van der Waals surface area contributed by atoms with Crippen molar-refractivity contribution in [1.82, 2.24) is 4.90 Å². The topological polar surface area (TPSA) is 29.5 Å². The van der Waals surface area contributed by atoms with Gasteiger partial charge in [-0.2, -0.15) is 0 Å². The molecule has 0 radical (unpaired) electrons. The smallest absolute Gasteiger partial charge is 0.410 e. The van der Waals surface area contributed by atoms with Crippen LogP contribution < -0.4 is 0 Å². The molecule has 3 atom stereocenters. The van der Waals surface area contributed by atoms with E-state index in [2.05, 4.69) is 0 Å². The van der Waals surface area contributed by atoms with Gasteiger partial charge in [-0.15, -0.1) is 0 Å². The average Bonchev–Trinajstić information content (AvgIpc) is 3.31. The molecule has 23 heavy (non-hydrogen) atoms. The number of carbonyl (C=O) groups is 1. The monoisotopic (exact) mass is 313 g/mol. The lowest BCUT2D eigenvalue weighted by Gasteiger charge is -2.28. The van der Waals surface area contributed by atoms with Gasteiger partial charge in [0.15, 0.2) is 0 Å². The van der Waals surface area contributed by atoms with E-state index in [1.807, 2.05) is 67.6 Å². The van der Waals surface area contributed by atoms with E-state index in [0.717, 1.165) is 11.1 Å². The van der Waals surface area contributed by atoms with Crippen molar-refractivity contribution in [3.8, 4) is 0 Å². The van der Waals surface area contributed by atoms with Crippen LogP contribution in [0.5, 0.6) is 0 Å². The molecule has 1 aliphatic rings. The Morgan fingerprint density at radius 3 is 2.30 bits per heavy atom. The Morgan fingerprint density at radius 1 is 1.17 bits per heavy atom. The van der Waals surface area contributed by atoms with Gasteiger partial charge in [-0.25, -0.2) is 9.18 Å². The van der Waals surface area contributed by atoms with Crippen molar-refractivity contribution in [2.45, 2.75) is 38.2 Å². The summed E-state index contributed by atoms with van der Waals surface area (Å²) in [5, 5.41) is 0. The molecule has 0 N–H and O–H groups in total. The number of ether oxygens (including phenoxy) is 1. The first kappa shape index (κ1) is 15.5. The summed E-state index contributed by atoms with van der Waals surface area (Å²) in [6.45, 7) is 2.10. The zero-order valence-electron chi connectivity index (χ0n) is 13.1. The lowest BCUT2D eigenvalue weighted by atomic mass is 10.1. The Kier molecular flexibility index (Phi) is 4.60. The zero-order chi connectivity index (χ0) is 16.2. The third-order valence-electron chi connectivity index (χ3n) is 4.15. The number of carbonyl (C=O) groups excluding carboxylic acids is 1. The number of benzene rings is 2. The van der Waals surface area contributed by atoms with Crippen LogP contribution in [0.15, 0.2) is 60.7 Å². The maximum absolute atomic E-state index is 13.6. The molecule has 2 aromatic carbocycles. The number of halogens is 1. The largest absolute Gasteiger partial charge is 0.445 e. The molecule has 0 aromatic heterocycles. The number of amides is 1. The van der Waals surface area contributed by atoms with Crippen molar-refractivity contribution in [3.05, 3.63) is 71.8 Å². The van der Waals surface area contributed by atoms with Crippen molar-refractivity contribution in [1.29, 1.82) is 0 Å². The molecule has 120 valence electrons. The first-order valence-corrected chi connectivity index (χ1v) is 7.85. The number of alkyl halides is 1. The number of hydrogen-bond acceptors (Lipinski definition) is 2. The lowest BCUT2D eigenvalue weighted by Crippen LogP contribution is -2.37. The summed E-state index contributed by atoms with van der Waals surface area (Å²) in [7, 11) is 0. The highest BCUT2D eigenvalue weighted by atomic mass is 19.1. The molecule has 4 heteroatoms. The minimum absolute atomic E-state index is 0.196. The van der Waals surface area contributed by atoms with Gasteiger partial charge >= 0.3 is 6.09 Å². The Balaban J connectivity index is 1.70. The van der Waals surface area contributed by atoms with Crippen LogP contribution in [0.2, 0.25) is 0 Å². The molecular weight excluding hydrogens is 293 g/mol. The second-order valence-electron chi connectivity index (χ2n) is 5.85. The summed E-state index contributed by atoms with van der Waals surface area (Å²) in [5.41, 5.74) is 1.89. The molecule has 0 heterocycles. The molecule has 1 saturated carbocycles. The molecule has 0 spiro atoms. The van der Waals surface area contributed by atoms with E-state index in [4.69, 9.17) is 4.74 Å². The van der Waals surface area contributed by atoms with Crippen LogP contribution >= 0.6 is 0 Å². The fourth-order valence-electron chi connectivity index (χ4n) is 2.71. The molecular formula is C19H20FNO2. The van der Waals surface area contributed by atoms with Gasteiger partial charge in [0.25, 0.3) is 0 Å². The van der Waals surface area contributed by atoms with Crippen molar-refractivity contribution in [2.24, 2.45) is 0 Å². The molecule has 0 unspecified atom stereocenters. The maximum atomic E-state index is 13.6. The Morgan fingerprint density at radius 2 is 1.74 bits per heavy atom. The van der Waals surface area contributed by atoms with Gasteiger partial charge in [0, 0.05) is 6.42 Å². The van der Waals surface area contributed by atoms with E-state index in [1.54, 1.807) is 0 Å². The Bertz CT molecular complexity index is 647. The van der Waals surface area contributed by atoms with Crippen molar-refractivity contribution < 1.29 is 13.9 Å². The highest BCUT2D eigenvalue weighted by Gasteiger charge is 2.47. The third-order valence-corrected chi connectivity index (χ3v) is 4.15. The molecule has 1 amide bonds. The van der Waals surface area contributed by atoms with Gasteiger partial charge in [-0.3, -0.25) is 4.90 Å². The minimum Gasteiger partial charge on any atom is -0.445 e. The third kappa shape index (κ3) is 3.70. The summed E-state index contributed by atoms with van der Waals surface area (Å²) in [5.74, 6) is 0. The van der Waals surface area contributed by atoms with E-state index in [9.17, 15) is 9.18 Å². The summed E-state index contributed by atoms with van der Waals surface area (Å²) < 4.78 is 19.0. The first-order valence-electron chi connectivity index (χ1n) is 7.85. The Labute approximate surface area is 135 Å². The second-order valence-corrected chi connectivity index (χ2v) is 5.85. The summed E-state index contributed by atoms with van der Waals surface area (Å²) in [6, 6.07) is 18.5. The summed E-state index contributed by atoms with van der Waals surface area (Å²) in [6.07, 6.45) is -1.03. The molecule has 0 saturated heterocycles. The van der Waals surface area contributed by atoms with Crippen LogP contribution in [0.3, 0.4) is 0 Å². The van der Waals surface area contributed by atoms with Gasteiger partial charge < -0.3 is 4.74 Å². The quantitative estimate of drug-likeness (QED) is 0.813. The average molecular weight is 313 g/mol. The second kappa shape index (κ2) is 6.82. The molecule has 0 aliphatic heterocycles. The van der Waals surface area contributed by atoms with Gasteiger partial charge in [-0.1, -0.05) is 60.7 Å². The van der Waals surface area contributed by atoms with Gasteiger partial charge in [-0.05, 0) is 18.1 Å². The zero-order valence-corrected chi connectivity index (χ0v) is 13.1. The molecule has 1 aliphatic carbocycles. The van der Waals surface area contributed by atoms with Crippen LogP contribution in [-0.2, 0) is 11.3 Å². The lowest BCUT2D eigenvalue weighted by molar-refractivity contribution is 0.0761. The number of nitrogens with zero attached hydrogens (tertiary/aromatic N) is 1. The standard InChI is InChI=1S/C19H20FNO2/c1-14(16-10-6-3-7-11-16)21(18-12-17(18)20)19(22)23-13-15-8-4-2-5-9-15/h2-11,14,17-18H,12-13H2,1H3/t14-,17+,18+/m0/s1. The Hall–Kier alpha value is -2.36. The normalized spacial score (nSPS) is 20.6. The van der Waals surface area contributed by atoms with Crippen molar-refractivity contribution >= 4 is 6.09 Å². The minimum atomic E-state index is -0.953. The van der Waals surface area contributed by atoms with Crippen molar-refractivity contribution in [3.63, 3.8) is 0 Å². The van der Waals surface area contributed by atoms with Crippen LogP contribution in [0.4, 0.5) is 9.18 Å². The van der Waals surface area contributed by atoms with Crippen LogP contribution in [-0.4, -0.2) is 23.2 Å². The SMILES string of the molecule is C[C@@H](c1ccccc1)N(C(=O)OCc1ccccc1)[C@@H]1C[C@H]1F. The highest BCUT2D eigenvalue weighted by molar-refractivity contribution is 5.69.